The van der Waals surface area contributed by atoms with Crippen LogP contribution in [0.5, 0.6) is 0 Å². The summed E-state index contributed by atoms with van der Waals surface area (Å²) in [4.78, 5) is 37.7. The van der Waals surface area contributed by atoms with Crippen LogP contribution in [0.4, 0.5) is 5.69 Å². The van der Waals surface area contributed by atoms with Crippen LogP contribution in [-0.2, 0) is 14.4 Å². The van der Waals surface area contributed by atoms with E-state index in [9.17, 15) is 14.4 Å². The second kappa shape index (κ2) is 9.89. The largest absolute Gasteiger partial charge is 0.480 e. The standard InChI is InChI=1S/C16H22ClN3O4/c1-3-8-20(11-16(23)24)10-15(22)19(2)9-14(21)18-13-7-5-4-6-12(13)17/h4-7H,3,8-11H2,1-2H3,(H,18,21)(H,23,24). The van der Waals surface area contributed by atoms with Gasteiger partial charge in [-0.05, 0) is 25.1 Å². The molecule has 0 aliphatic carbocycles. The summed E-state index contributed by atoms with van der Waals surface area (Å²) >= 11 is 5.96. The highest BCUT2D eigenvalue weighted by molar-refractivity contribution is 6.33. The Hall–Kier alpha value is -2.12. The van der Waals surface area contributed by atoms with E-state index in [1.807, 2.05) is 6.92 Å². The number of nitrogens with one attached hydrogen (secondary N) is 1. The van der Waals surface area contributed by atoms with E-state index in [0.29, 0.717) is 17.3 Å². The van der Waals surface area contributed by atoms with E-state index in [2.05, 4.69) is 5.32 Å². The van der Waals surface area contributed by atoms with E-state index in [1.54, 1.807) is 24.3 Å². The molecule has 0 spiro atoms. The van der Waals surface area contributed by atoms with Crippen molar-refractivity contribution in [1.29, 1.82) is 0 Å². The number of carboxylic acids is 1. The zero-order chi connectivity index (χ0) is 18.1. The molecule has 0 atom stereocenters. The molecular formula is C16H22ClN3O4. The Kier molecular flexibility index (Phi) is 8.21. The Morgan fingerprint density at radius 2 is 1.83 bits per heavy atom. The number of anilines is 1. The highest BCUT2D eigenvalue weighted by atomic mass is 35.5. The summed E-state index contributed by atoms with van der Waals surface area (Å²) in [6.07, 6.45) is 0.733. The molecule has 0 heterocycles. The number of benzene rings is 1. The highest BCUT2D eigenvalue weighted by Gasteiger charge is 2.18. The number of nitrogens with zero attached hydrogens (tertiary/aromatic N) is 2. The molecule has 2 N–H and O–H groups in total. The fourth-order valence-corrected chi connectivity index (χ4v) is 2.27. The molecule has 1 aromatic carbocycles. The number of hydrogen-bond acceptors (Lipinski definition) is 4. The number of para-hydroxylation sites is 1. The fourth-order valence-electron chi connectivity index (χ4n) is 2.09. The maximum atomic E-state index is 12.1. The highest BCUT2D eigenvalue weighted by Crippen LogP contribution is 2.20. The van der Waals surface area contributed by atoms with Crippen molar-refractivity contribution in [3.05, 3.63) is 29.3 Å². The Morgan fingerprint density at radius 1 is 1.17 bits per heavy atom. The summed E-state index contributed by atoms with van der Waals surface area (Å²) in [5, 5.41) is 11.9. The predicted octanol–water partition coefficient (Wildman–Crippen LogP) is 1.53. The van der Waals surface area contributed by atoms with E-state index < -0.39 is 5.97 Å². The molecule has 0 saturated heterocycles. The lowest BCUT2D eigenvalue weighted by molar-refractivity contribution is -0.140. The van der Waals surface area contributed by atoms with Crippen LogP contribution in [0.1, 0.15) is 13.3 Å². The molecule has 2 amide bonds. The van der Waals surface area contributed by atoms with Gasteiger partial charge in [0.2, 0.25) is 11.8 Å². The van der Waals surface area contributed by atoms with Crippen LogP contribution in [0.15, 0.2) is 24.3 Å². The third kappa shape index (κ3) is 6.97. The first kappa shape index (κ1) is 19.9. The lowest BCUT2D eigenvalue weighted by Crippen LogP contribution is -2.43. The van der Waals surface area contributed by atoms with Crippen molar-refractivity contribution >= 4 is 35.1 Å². The summed E-state index contributed by atoms with van der Waals surface area (Å²) < 4.78 is 0. The molecule has 24 heavy (non-hydrogen) atoms. The summed E-state index contributed by atoms with van der Waals surface area (Å²) in [7, 11) is 1.50. The maximum Gasteiger partial charge on any atom is 0.317 e. The van der Waals surface area contributed by atoms with Gasteiger partial charge in [0.05, 0.1) is 30.3 Å². The number of hydrogen-bond donors (Lipinski definition) is 2. The Labute approximate surface area is 146 Å². The second-order valence-corrected chi connectivity index (χ2v) is 5.79. The number of carbonyl (C=O) groups is 3. The molecule has 0 unspecified atom stereocenters. The molecule has 1 aromatic rings. The van der Waals surface area contributed by atoms with Crippen molar-refractivity contribution < 1.29 is 19.5 Å². The van der Waals surface area contributed by atoms with Crippen molar-refractivity contribution in [2.45, 2.75) is 13.3 Å². The number of rotatable bonds is 9. The van der Waals surface area contributed by atoms with Crippen LogP contribution in [-0.4, -0.2) is 65.9 Å². The summed E-state index contributed by atoms with van der Waals surface area (Å²) in [6.45, 7) is 2.00. The van der Waals surface area contributed by atoms with Gasteiger partial charge in [0.15, 0.2) is 0 Å². The van der Waals surface area contributed by atoms with E-state index >= 15 is 0 Å². The number of carboxylic acid groups (broad SMARTS) is 1. The molecule has 0 fully saturated rings. The number of likely N-dealkylation sites (N-methyl/N-ethyl adjacent to an activating group) is 1. The second-order valence-electron chi connectivity index (χ2n) is 5.38. The minimum absolute atomic E-state index is 0.0456. The zero-order valence-electron chi connectivity index (χ0n) is 13.8. The van der Waals surface area contributed by atoms with Crippen LogP contribution in [0, 0.1) is 0 Å². The first-order chi connectivity index (χ1) is 11.3. The van der Waals surface area contributed by atoms with Crippen molar-refractivity contribution in [3.8, 4) is 0 Å². The van der Waals surface area contributed by atoms with Crippen LogP contribution in [0.2, 0.25) is 5.02 Å². The smallest absolute Gasteiger partial charge is 0.317 e. The third-order valence-electron chi connectivity index (χ3n) is 3.21. The number of aliphatic carboxylic acids is 1. The van der Waals surface area contributed by atoms with Gasteiger partial charge in [-0.25, -0.2) is 0 Å². The van der Waals surface area contributed by atoms with Gasteiger partial charge in [0, 0.05) is 7.05 Å². The molecule has 132 valence electrons. The Balaban J connectivity index is 2.54. The molecule has 1 rings (SSSR count). The molecule has 0 bridgehead atoms. The van der Waals surface area contributed by atoms with E-state index in [4.69, 9.17) is 16.7 Å². The zero-order valence-corrected chi connectivity index (χ0v) is 14.5. The first-order valence-corrected chi connectivity index (χ1v) is 7.93. The minimum atomic E-state index is -0.990. The van der Waals surface area contributed by atoms with Gasteiger partial charge in [0.25, 0.3) is 0 Å². The third-order valence-corrected chi connectivity index (χ3v) is 3.54. The van der Waals surface area contributed by atoms with Gasteiger partial charge in [-0.15, -0.1) is 0 Å². The lowest BCUT2D eigenvalue weighted by Gasteiger charge is -2.23. The van der Waals surface area contributed by atoms with E-state index in [0.717, 1.165) is 6.42 Å². The molecule has 0 saturated carbocycles. The SMILES string of the molecule is CCCN(CC(=O)O)CC(=O)N(C)CC(=O)Nc1ccccc1Cl. The van der Waals surface area contributed by atoms with E-state index in [-0.39, 0.29) is 31.4 Å². The van der Waals surface area contributed by atoms with Gasteiger partial charge >= 0.3 is 5.97 Å². The number of amides is 2. The van der Waals surface area contributed by atoms with Crippen molar-refractivity contribution in [1.82, 2.24) is 9.80 Å². The van der Waals surface area contributed by atoms with Crippen molar-refractivity contribution in [3.63, 3.8) is 0 Å². The molecule has 8 heteroatoms. The lowest BCUT2D eigenvalue weighted by atomic mass is 10.3. The van der Waals surface area contributed by atoms with Gasteiger partial charge in [-0.3, -0.25) is 19.3 Å². The van der Waals surface area contributed by atoms with Gasteiger partial charge in [0.1, 0.15) is 0 Å². The summed E-state index contributed by atoms with van der Waals surface area (Å²) in [5.41, 5.74) is 0.475. The van der Waals surface area contributed by atoms with Crippen LogP contribution in [0.3, 0.4) is 0 Å². The number of halogens is 1. The first-order valence-electron chi connectivity index (χ1n) is 7.56. The quantitative estimate of drug-likeness (QED) is 0.701. The van der Waals surface area contributed by atoms with Crippen molar-refractivity contribution in [2.24, 2.45) is 0 Å². The fraction of sp³-hybridized carbons (Fsp3) is 0.438. The molecule has 0 aromatic heterocycles. The summed E-state index contributed by atoms with van der Waals surface area (Å²) in [5.74, 6) is -1.69. The Morgan fingerprint density at radius 3 is 2.42 bits per heavy atom. The van der Waals surface area contributed by atoms with Gasteiger partial charge in [-0.1, -0.05) is 30.7 Å². The van der Waals surface area contributed by atoms with Gasteiger partial charge in [-0.2, -0.15) is 0 Å². The molecule has 0 aliphatic rings. The average Bonchev–Trinajstić information content (AvgIpc) is 2.49. The van der Waals surface area contributed by atoms with Crippen molar-refractivity contribution in [2.75, 3.05) is 38.5 Å². The Bertz CT molecular complexity index is 594. The maximum absolute atomic E-state index is 12.1. The van der Waals surface area contributed by atoms with E-state index in [1.165, 1.54) is 16.8 Å². The topological polar surface area (TPSA) is 90.0 Å². The monoisotopic (exact) mass is 355 g/mol. The van der Waals surface area contributed by atoms with Crippen LogP contribution >= 0.6 is 11.6 Å². The normalized spacial score (nSPS) is 10.5. The van der Waals surface area contributed by atoms with Crippen LogP contribution < -0.4 is 5.32 Å². The molecular weight excluding hydrogens is 334 g/mol. The average molecular weight is 356 g/mol. The van der Waals surface area contributed by atoms with Crippen LogP contribution in [0.25, 0.3) is 0 Å². The predicted molar refractivity (Wildman–Crippen MR) is 92.1 cm³/mol. The summed E-state index contributed by atoms with van der Waals surface area (Å²) in [6, 6.07) is 6.81. The molecule has 7 nitrogen and oxygen atoms in total. The molecule has 0 radical (unpaired) electrons. The number of carbonyl (C=O) groups excluding carboxylic acids is 2. The molecule has 0 aliphatic heterocycles. The minimum Gasteiger partial charge on any atom is -0.480 e. The van der Waals surface area contributed by atoms with Gasteiger partial charge < -0.3 is 15.3 Å².